The maximum absolute atomic E-state index is 13.6. The van der Waals surface area contributed by atoms with Crippen molar-refractivity contribution in [3.8, 4) is 22.8 Å². The number of rotatable bonds is 5. The first-order valence-electron chi connectivity index (χ1n) is 7.85. The Morgan fingerprint density at radius 2 is 1.92 bits per heavy atom. The van der Waals surface area contributed by atoms with E-state index in [-0.39, 0.29) is 11.6 Å². The van der Waals surface area contributed by atoms with Crippen LogP contribution in [0.4, 0.5) is 10.1 Å². The minimum absolute atomic E-state index is 0.205. The highest BCUT2D eigenvalue weighted by Crippen LogP contribution is 2.31. The van der Waals surface area contributed by atoms with Crippen LogP contribution in [0.2, 0.25) is 0 Å². The SMILES string of the molecule is COc1cccc(NC(=O)c2cc(-c3cc(F)ccc3OC)n(C)n2)c1. The predicted octanol–water partition coefficient (Wildman–Crippen LogP) is 3.50. The Hall–Kier alpha value is -3.35. The second kappa shape index (κ2) is 7.26. The number of halogens is 1. The Labute approximate surface area is 150 Å². The minimum atomic E-state index is -0.399. The number of amides is 1. The molecule has 1 amide bonds. The zero-order valence-electron chi connectivity index (χ0n) is 14.6. The number of carbonyl (C=O) groups excluding carboxylic acids is 1. The zero-order chi connectivity index (χ0) is 18.7. The van der Waals surface area contributed by atoms with Crippen LogP contribution in [0.15, 0.2) is 48.5 Å². The molecule has 26 heavy (non-hydrogen) atoms. The third-order valence-electron chi connectivity index (χ3n) is 3.88. The van der Waals surface area contributed by atoms with E-state index in [1.807, 2.05) is 0 Å². The molecule has 0 atom stereocenters. The lowest BCUT2D eigenvalue weighted by Crippen LogP contribution is -2.13. The highest BCUT2D eigenvalue weighted by Gasteiger charge is 2.17. The van der Waals surface area contributed by atoms with Crippen molar-refractivity contribution in [1.29, 1.82) is 0 Å². The van der Waals surface area contributed by atoms with Crippen molar-refractivity contribution >= 4 is 11.6 Å². The van der Waals surface area contributed by atoms with E-state index in [4.69, 9.17) is 9.47 Å². The molecule has 0 aliphatic heterocycles. The van der Waals surface area contributed by atoms with Gasteiger partial charge in [0.15, 0.2) is 5.69 Å². The van der Waals surface area contributed by atoms with Crippen molar-refractivity contribution in [3.05, 3.63) is 60.0 Å². The van der Waals surface area contributed by atoms with Crippen LogP contribution < -0.4 is 14.8 Å². The summed E-state index contributed by atoms with van der Waals surface area (Å²) in [6, 6.07) is 12.8. The number of hydrogen-bond acceptors (Lipinski definition) is 4. The molecule has 0 radical (unpaired) electrons. The Morgan fingerprint density at radius 1 is 1.12 bits per heavy atom. The number of anilines is 1. The maximum atomic E-state index is 13.6. The van der Waals surface area contributed by atoms with Crippen LogP contribution in [0.5, 0.6) is 11.5 Å². The quantitative estimate of drug-likeness (QED) is 0.761. The van der Waals surface area contributed by atoms with E-state index in [9.17, 15) is 9.18 Å². The summed E-state index contributed by atoms with van der Waals surface area (Å²) in [5.74, 6) is 0.350. The number of ether oxygens (including phenoxy) is 2. The lowest BCUT2D eigenvalue weighted by Gasteiger charge is -2.08. The van der Waals surface area contributed by atoms with Crippen LogP contribution in [-0.2, 0) is 7.05 Å². The van der Waals surface area contributed by atoms with Gasteiger partial charge in [0, 0.05) is 24.4 Å². The van der Waals surface area contributed by atoms with Crippen molar-refractivity contribution in [2.45, 2.75) is 0 Å². The fourth-order valence-electron chi connectivity index (χ4n) is 2.61. The summed E-state index contributed by atoms with van der Waals surface area (Å²) >= 11 is 0. The zero-order valence-corrected chi connectivity index (χ0v) is 14.6. The Kier molecular flexibility index (Phi) is 4.88. The molecule has 1 heterocycles. The number of benzene rings is 2. The number of nitrogens with zero attached hydrogens (tertiary/aromatic N) is 2. The summed E-state index contributed by atoms with van der Waals surface area (Å²) in [5.41, 5.74) is 1.88. The van der Waals surface area contributed by atoms with E-state index in [2.05, 4.69) is 10.4 Å². The van der Waals surface area contributed by atoms with Gasteiger partial charge in [0.1, 0.15) is 17.3 Å². The first-order chi connectivity index (χ1) is 12.5. The highest BCUT2D eigenvalue weighted by atomic mass is 19.1. The van der Waals surface area contributed by atoms with E-state index in [0.29, 0.717) is 28.4 Å². The van der Waals surface area contributed by atoms with E-state index in [0.717, 1.165) is 0 Å². The Morgan fingerprint density at radius 3 is 2.65 bits per heavy atom. The first kappa shape index (κ1) is 17.5. The number of hydrogen-bond donors (Lipinski definition) is 1. The largest absolute Gasteiger partial charge is 0.497 e. The molecule has 1 aromatic heterocycles. The summed E-state index contributed by atoms with van der Waals surface area (Å²) in [4.78, 5) is 12.5. The van der Waals surface area contributed by atoms with Gasteiger partial charge in [-0.2, -0.15) is 5.10 Å². The normalized spacial score (nSPS) is 10.5. The summed E-state index contributed by atoms with van der Waals surface area (Å²) < 4.78 is 25.6. The minimum Gasteiger partial charge on any atom is -0.497 e. The summed E-state index contributed by atoms with van der Waals surface area (Å²) in [5, 5.41) is 6.99. The fourth-order valence-corrected chi connectivity index (χ4v) is 2.61. The van der Waals surface area contributed by atoms with Crippen LogP contribution in [0.3, 0.4) is 0 Å². The van der Waals surface area contributed by atoms with Gasteiger partial charge in [-0.25, -0.2) is 4.39 Å². The van der Waals surface area contributed by atoms with Gasteiger partial charge >= 0.3 is 0 Å². The second-order valence-electron chi connectivity index (χ2n) is 5.57. The van der Waals surface area contributed by atoms with Crippen molar-refractivity contribution in [3.63, 3.8) is 0 Å². The molecule has 1 N–H and O–H groups in total. The van der Waals surface area contributed by atoms with Gasteiger partial charge in [0.25, 0.3) is 5.91 Å². The molecule has 0 saturated carbocycles. The molecule has 0 spiro atoms. The van der Waals surface area contributed by atoms with E-state index < -0.39 is 5.82 Å². The van der Waals surface area contributed by atoms with Crippen LogP contribution in [0.1, 0.15) is 10.5 Å². The molecule has 0 fully saturated rings. The Bertz CT molecular complexity index is 953. The molecule has 0 aliphatic carbocycles. The van der Waals surface area contributed by atoms with Gasteiger partial charge in [-0.15, -0.1) is 0 Å². The summed E-state index contributed by atoms with van der Waals surface area (Å²) in [6.07, 6.45) is 0. The molecule has 3 rings (SSSR count). The van der Waals surface area contributed by atoms with E-state index >= 15 is 0 Å². The van der Waals surface area contributed by atoms with Crippen LogP contribution >= 0.6 is 0 Å². The number of nitrogens with one attached hydrogen (secondary N) is 1. The number of carbonyl (C=O) groups is 1. The third kappa shape index (κ3) is 3.51. The van der Waals surface area contributed by atoms with Crippen molar-refractivity contribution in [2.24, 2.45) is 7.05 Å². The summed E-state index contributed by atoms with van der Waals surface area (Å²) in [6.45, 7) is 0. The first-order valence-corrected chi connectivity index (χ1v) is 7.85. The van der Waals surface area contributed by atoms with Crippen LogP contribution in [-0.4, -0.2) is 29.9 Å². The predicted molar refractivity (Wildman–Crippen MR) is 96.1 cm³/mol. The summed E-state index contributed by atoms with van der Waals surface area (Å²) in [7, 11) is 4.74. The molecule has 0 bridgehead atoms. The second-order valence-corrected chi connectivity index (χ2v) is 5.57. The molecule has 0 unspecified atom stereocenters. The third-order valence-corrected chi connectivity index (χ3v) is 3.88. The van der Waals surface area contributed by atoms with Crippen LogP contribution in [0, 0.1) is 5.82 Å². The molecule has 6 nitrogen and oxygen atoms in total. The molecular formula is C19H18FN3O3. The van der Waals surface area contributed by atoms with E-state index in [1.165, 1.54) is 30.0 Å². The van der Waals surface area contributed by atoms with Gasteiger partial charge in [-0.1, -0.05) is 6.07 Å². The van der Waals surface area contributed by atoms with Gasteiger partial charge in [0.2, 0.25) is 0 Å². The maximum Gasteiger partial charge on any atom is 0.276 e. The van der Waals surface area contributed by atoms with E-state index in [1.54, 1.807) is 44.5 Å². The molecule has 134 valence electrons. The number of methoxy groups -OCH3 is 2. The van der Waals surface area contributed by atoms with Crippen LogP contribution in [0.25, 0.3) is 11.3 Å². The lowest BCUT2D eigenvalue weighted by atomic mass is 10.1. The van der Waals surface area contributed by atoms with Crippen molar-refractivity contribution in [1.82, 2.24) is 9.78 Å². The van der Waals surface area contributed by atoms with Gasteiger partial charge in [-0.3, -0.25) is 9.48 Å². The molecule has 3 aromatic rings. The van der Waals surface area contributed by atoms with Crippen molar-refractivity contribution in [2.75, 3.05) is 19.5 Å². The Balaban J connectivity index is 1.90. The van der Waals surface area contributed by atoms with Gasteiger partial charge < -0.3 is 14.8 Å². The molecular weight excluding hydrogens is 337 g/mol. The molecule has 2 aromatic carbocycles. The average molecular weight is 355 g/mol. The smallest absolute Gasteiger partial charge is 0.276 e. The lowest BCUT2D eigenvalue weighted by molar-refractivity contribution is 0.102. The monoisotopic (exact) mass is 355 g/mol. The van der Waals surface area contributed by atoms with Gasteiger partial charge in [-0.05, 0) is 36.4 Å². The topological polar surface area (TPSA) is 65.4 Å². The molecule has 0 aliphatic rings. The number of aryl methyl sites for hydroxylation is 1. The van der Waals surface area contributed by atoms with Crippen molar-refractivity contribution < 1.29 is 18.7 Å². The molecule has 7 heteroatoms. The standard InChI is InChI=1S/C19H18FN3O3/c1-23-17(15-9-12(20)7-8-18(15)26-3)11-16(22-23)19(24)21-13-5-4-6-14(10-13)25-2/h4-11H,1-3H3,(H,21,24). The van der Waals surface area contributed by atoms with Gasteiger partial charge in [0.05, 0.1) is 19.9 Å². The number of aromatic nitrogens is 2. The fraction of sp³-hybridized carbons (Fsp3) is 0.158. The highest BCUT2D eigenvalue weighted by molar-refractivity contribution is 6.03. The molecule has 0 saturated heterocycles. The average Bonchev–Trinajstić information content (AvgIpc) is 3.03.